The van der Waals surface area contributed by atoms with Crippen LogP contribution >= 0.6 is 0 Å². The number of nitrogens with two attached hydrogens (primary N) is 1. The van der Waals surface area contributed by atoms with Gasteiger partial charge in [0, 0.05) is 24.6 Å². The third kappa shape index (κ3) is 1.85. The van der Waals surface area contributed by atoms with E-state index in [0.29, 0.717) is 6.54 Å². The van der Waals surface area contributed by atoms with Crippen LogP contribution in [0.4, 0.5) is 0 Å². The van der Waals surface area contributed by atoms with E-state index >= 15 is 0 Å². The van der Waals surface area contributed by atoms with Crippen molar-refractivity contribution in [3.63, 3.8) is 0 Å². The second-order valence-electron chi connectivity index (χ2n) is 5.52. The number of pyridine rings is 1. The van der Waals surface area contributed by atoms with Crippen LogP contribution in [-0.2, 0) is 12.5 Å². The molecule has 18 heavy (non-hydrogen) atoms. The molecule has 2 aromatic rings. The van der Waals surface area contributed by atoms with Crippen LogP contribution in [0.1, 0.15) is 25.0 Å². The molecule has 0 fully saturated rings. The minimum Gasteiger partial charge on any atom is -0.330 e. The minimum absolute atomic E-state index is 0.0484. The van der Waals surface area contributed by atoms with E-state index in [1.807, 2.05) is 52.1 Å². The van der Waals surface area contributed by atoms with Gasteiger partial charge in [-0.15, -0.1) is 0 Å². The Balaban J connectivity index is 2.89. The summed E-state index contributed by atoms with van der Waals surface area (Å²) in [6.45, 7) is 6.49. The smallest absolute Gasteiger partial charge is 0.254 e. The summed E-state index contributed by atoms with van der Waals surface area (Å²) < 4.78 is 1.73. The van der Waals surface area contributed by atoms with Crippen molar-refractivity contribution in [2.75, 3.05) is 6.54 Å². The van der Waals surface area contributed by atoms with Gasteiger partial charge >= 0.3 is 0 Å². The number of nitrogens with zero attached hydrogens (tertiary/aromatic N) is 1. The monoisotopic (exact) mass is 244 g/mol. The van der Waals surface area contributed by atoms with Gasteiger partial charge in [-0.25, -0.2) is 0 Å². The molecule has 96 valence electrons. The molecule has 2 N–H and O–H groups in total. The number of benzene rings is 1. The molecule has 0 unspecified atom stereocenters. The van der Waals surface area contributed by atoms with Gasteiger partial charge < -0.3 is 10.3 Å². The van der Waals surface area contributed by atoms with Crippen molar-refractivity contribution >= 4 is 10.9 Å². The second-order valence-corrected chi connectivity index (χ2v) is 5.52. The van der Waals surface area contributed by atoms with Gasteiger partial charge in [-0.05, 0) is 23.9 Å². The van der Waals surface area contributed by atoms with Crippen LogP contribution in [0.15, 0.2) is 29.1 Å². The van der Waals surface area contributed by atoms with E-state index in [9.17, 15) is 4.79 Å². The maximum Gasteiger partial charge on any atom is 0.254 e. The molecule has 1 heterocycles. The molecule has 3 heteroatoms. The van der Waals surface area contributed by atoms with E-state index in [2.05, 4.69) is 0 Å². The number of para-hydroxylation sites is 1. The lowest BCUT2D eigenvalue weighted by molar-refractivity contribution is 0.529. The molecule has 3 nitrogen and oxygen atoms in total. The number of aryl methyl sites for hydroxylation is 2. The van der Waals surface area contributed by atoms with Crippen LogP contribution in [0.25, 0.3) is 10.9 Å². The second kappa shape index (κ2) is 4.25. The zero-order valence-corrected chi connectivity index (χ0v) is 11.4. The maximum absolute atomic E-state index is 12.4. The number of aromatic nitrogens is 1. The lowest BCUT2D eigenvalue weighted by Crippen LogP contribution is -2.36. The van der Waals surface area contributed by atoms with Gasteiger partial charge in [-0.3, -0.25) is 4.79 Å². The Kier molecular flexibility index (Phi) is 3.03. The third-order valence-corrected chi connectivity index (χ3v) is 3.68. The number of hydrogen-bond acceptors (Lipinski definition) is 2. The van der Waals surface area contributed by atoms with Crippen LogP contribution in [0.3, 0.4) is 0 Å². The number of rotatable bonds is 2. The van der Waals surface area contributed by atoms with E-state index in [1.54, 1.807) is 4.57 Å². The SMILES string of the molecule is Cc1cccc2cc(C(C)(C)CN)c(=O)n(C)c12. The summed E-state index contributed by atoms with van der Waals surface area (Å²) in [4.78, 5) is 12.4. The van der Waals surface area contributed by atoms with Gasteiger partial charge in [0.2, 0.25) is 0 Å². The Morgan fingerprint density at radius 1 is 1.33 bits per heavy atom. The minimum atomic E-state index is -0.299. The van der Waals surface area contributed by atoms with Crippen molar-refractivity contribution in [1.29, 1.82) is 0 Å². The number of fused-ring (bicyclic) bond motifs is 1. The Hall–Kier alpha value is -1.61. The van der Waals surface area contributed by atoms with E-state index < -0.39 is 0 Å². The number of hydrogen-bond donors (Lipinski definition) is 1. The Labute approximate surface area is 107 Å². The lowest BCUT2D eigenvalue weighted by Gasteiger charge is -2.23. The maximum atomic E-state index is 12.4. The average molecular weight is 244 g/mol. The first-order valence-electron chi connectivity index (χ1n) is 6.18. The zero-order valence-electron chi connectivity index (χ0n) is 11.4. The molecule has 0 aliphatic heterocycles. The zero-order chi connectivity index (χ0) is 13.5. The fourth-order valence-electron chi connectivity index (χ4n) is 2.35. The molecule has 0 aliphatic rings. The van der Waals surface area contributed by atoms with Crippen molar-refractivity contribution < 1.29 is 0 Å². The molecule has 0 saturated heterocycles. The van der Waals surface area contributed by atoms with Crippen molar-refractivity contribution in [2.45, 2.75) is 26.2 Å². The quantitative estimate of drug-likeness (QED) is 0.879. The van der Waals surface area contributed by atoms with Crippen LogP contribution in [0.2, 0.25) is 0 Å². The highest BCUT2D eigenvalue weighted by atomic mass is 16.1. The summed E-state index contributed by atoms with van der Waals surface area (Å²) in [5.74, 6) is 0. The van der Waals surface area contributed by atoms with Crippen molar-refractivity contribution in [3.05, 3.63) is 45.7 Å². The van der Waals surface area contributed by atoms with Gasteiger partial charge in [0.05, 0.1) is 5.52 Å². The summed E-state index contributed by atoms with van der Waals surface area (Å²) in [6.07, 6.45) is 0. The summed E-state index contributed by atoms with van der Waals surface area (Å²) in [6, 6.07) is 8.06. The lowest BCUT2D eigenvalue weighted by atomic mass is 9.85. The van der Waals surface area contributed by atoms with E-state index in [4.69, 9.17) is 5.73 Å². The molecular weight excluding hydrogens is 224 g/mol. The van der Waals surface area contributed by atoms with Crippen LogP contribution in [0.5, 0.6) is 0 Å². The Morgan fingerprint density at radius 3 is 2.61 bits per heavy atom. The Morgan fingerprint density at radius 2 is 2.00 bits per heavy atom. The van der Waals surface area contributed by atoms with E-state index in [1.165, 1.54) is 0 Å². The van der Waals surface area contributed by atoms with Gasteiger partial charge in [0.15, 0.2) is 0 Å². The van der Waals surface area contributed by atoms with Crippen LogP contribution in [0, 0.1) is 6.92 Å². The third-order valence-electron chi connectivity index (χ3n) is 3.68. The largest absolute Gasteiger partial charge is 0.330 e. The predicted octanol–water partition coefficient (Wildman–Crippen LogP) is 2.08. The van der Waals surface area contributed by atoms with Gasteiger partial charge in [-0.1, -0.05) is 32.0 Å². The first kappa shape index (κ1) is 12.8. The van der Waals surface area contributed by atoms with Crippen molar-refractivity contribution in [1.82, 2.24) is 4.57 Å². The summed E-state index contributed by atoms with van der Waals surface area (Å²) in [7, 11) is 1.83. The molecule has 0 atom stereocenters. The molecule has 0 aliphatic carbocycles. The molecule has 0 amide bonds. The molecule has 0 radical (unpaired) electrons. The fraction of sp³-hybridized carbons (Fsp3) is 0.400. The van der Waals surface area contributed by atoms with Gasteiger partial charge in [0.1, 0.15) is 0 Å². The summed E-state index contributed by atoms with van der Waals surface area (Å²) in [5.41, 5.74) is 8.43. The molecule has 2 rings (SSSR count). The van der Waals surface area contributed by atoms with Crippen LogP contribution in [-0.4, -0.2) is 11.1 Å². The molecule has 0 saturated carbocycles. The molecule has 0 bridgehead atoms. The predicted molar refractivity (Wildman–Crippen MR) is 76.0 cm³/mol. The summed E-state index contributed by atoms with van der Waals surface area (Å²) in [5, 5.41) is 1.09. The highest BCUT2D eigenvalue weighted by molar-refractivity contribution is 5.82. The highest BCUT2D eigenvalue weighted by Gasteiger charge is 2.23. The Bertz CT molecular complexity index is 653. The molecule has 1 aromatic heterocycles. The van der Waals surface area contributed by atoms with Gasteiger partial charge in [-0.2, -0.15) is 0 Å². The molecule has 0 spiro atoms. The average Bonchev–Trinajstić information content (AvgIpc) is 2.33. The topological polar surface area (TPSA) is 48.0 Å². The van der Waals surface area contributed by atoms with Crippen molar-refractivity contribution in [2.24, 2.45) is 12.8 Å². The molecular formula is C15H20N2O. The van der Waals surface area contributed by atoms with E-state index in [-0.39, 0.29) is 11.0 Å². The summed E-state index contributed by atoms with van der Waals surface area (Å²) >= 11 is 0. The normalized spacial score (nSPS) is 12.1. The van der Waals surface area contributed by atoms with E-state index in [0.717, 1.165) is 22.0 Å². The van der Waals surface area contributed by atoms with Crippen LogP contribution < -0.4 is 11.3 Å². The highest BCUT2D eigenvalue weighted by Crippen LogP contribution is 2.23. The molecule has 1 aromatic carbocycles. The first-order chi connectivity index (χ1) is 8.38. The van der Waals surface area contributed by atoms with Gasteiger partial charge in [0.25, 0.3) is 5.56 Å². The van der Waals surface area contributed by atoms with Crippen molar-refractivity contribution in [3.8, 4) is 0 Å². The fourth-order valence-corrected chi connectivity index (χ4v) is 2.35. The first-order valence-corrected chi connectivity index (χ1v) is 6.18. The standard InChI is InChI=1S/C15H20N2O/c1-10-6-5-7-11-8-12(15(2,3)9-16)14(18)17(4)13(10)11/h5-8H,9,16H2,1-4H3.